The molecule has 26 heavy (non-hydrogen) atoms. The third-order valence-electron chi connectivity index (χ3n) is 4.81. The number of anilines is 1. The largest absolute Gasteiger partial charge is 0.365 e. The lowest BCUT2D eigenvalue weighted by molar-refractivity contribution is -0.135. The van der Waals surface area contributed by atoms with Crippen molar-refractivity contribution >= 4 is 11.9 Å². The lowest BCUT2D eigenvalue weighted by Crippen LogP contribution is -2.31. The van der Waals surface area contributed by atoms with Crippen molar-refractivity contribution in [2.45, 2.75) is 39.0 Å². The molecule has 2 aromatic heterocycles. The van der Waals surface area contributed by atoms with Gasteiger partial charge in [-0.1, -0.05) is 5.21 Å². The molecule has 2 aromatic rings. The first-order valence-electron chi connectivity index (χ1n) is 9.10. The van der Waals surface area contributed by atoms with Crippen LogP contribution in [0.5, 0.6) is 0 Å². The summed E-state index contributed by atoms with van der Waals surface area (Å²) in [5, 5.41) is 8.50. The normalized spacial score (nSPS) is 17.2. The monoisotopic (exact) mass is 357 g/mol. The number of nitrogens with zero attached hydrogens (tertiary/aromatic N) is 7. The predicted octanol–water partition coefficient (Wildman–Crippen LogP) is 0.617. The van der Waals surface area contributed by atoms with Crippen LogP contribution in [0.15, 0.2) is 18.5 Å². The van der Waals surface area contributed by atoms with Gasteiger partial charge in [-0.25, -0.2) is 14.6 Å². The molecular weight excluding hydrogens is 334 g/mol. The molecule has 0 N–H and O–H groups in total. The lowest BCUT2D eigenvalue weighted by atomic mass is 10.3. The highest BCUT2D eigenvalue weighted by Gasteiger charge is 2.22. The van der Waals surface area contributed by atoms with Gasteiger partial charge in [0.25, 0.3) is 0 Å². The Balaban J connectivity index is 1.40. The number of aromatic nitrogens is 5. The molecule has 0 unspecified atom stereocenters. The van der Waals surface area contributed by atoms with Gasteiger partial charge in [0.15, 0.2) is 0 Å². The van der Waals surface area contributed by atoms with Crippen molar-refractivity contribution in [2.75, 3.05) is 31.1 Å². The highest BCUT2D eigenvalue weighted by Crippen LogP contribution is 2.19. The molecule has 0 radical (unpaired) electrons. The number of likely N-dealkylation sites (tertiary alicyclic amines) is 1. The summed E-state index contributed by atoms with van der Waals surface area (Å²) in [5.74, 6) is 0.762. The first kappa shape index (κ1) is 16.9. The minimum atomic E-state index is 0.0556. The SMILES string of the molecule is O=C(COCc1nnn2c1CN(c1ncccn1)CCC2)N1CCCC1. The molecule has 2 aliphatic rings. The van der Waals surface area contributed by atoms with Crippen LogP contribution in [0.25, 0.3) is 0 Å². The summed E-state index contributed by atoms with van der Waals surface area (Å²) in [6.07, 6.45) is 6.61. The number of hydrogen-bond acceptors (Lipinski definition) is 7. The number of carbonyl (C=O) groups excluding carboxylic acids is 1. The second-order valence-electron chi connectivity index (χ2n) is 6.61. The molecule has 0 aliphatic carbocycles. The fourth-order valence-electron chi connectivity index (χ4n) is 3.42. The first-order chi connectivity index (χ1) is 12.8. The Morgan fingerprint density at radius 1 is 1.08 bits per heavy atom. The van der Waals surface area contributed by atoms with Gasteiger partial charge in [0.1, 0.15) is 12.3 Å². The topological polar surface area (TPSA) is 89.3 Å². The molecule has 0 spiro atoms. The van der Waals surface area contributed by atoms with Gasteiger partial charge in [0, 0.05) is 38.6 Å². The Morgan fingerprint density at radius 2 is 1.88 bits per heavy atom. The molecule has 9 heteroatoms. The summed E-state index contributed by atoms with van der Waals surface area (Å²) in [5.41, 5.74) is 1.78. The van der Waals surface area contributed by atoms with Gasteiger partial charge in [0.05, 0.1) is 18.8 Å². The van der Waals surface area contributed by atoms with Crippen LogP contribution in [0, 0.1) is 0 Å². The summed E-state index contributed by atoms with van der Waals surface area (Å²) >= 11 is 0. The third kappa shape index (κ3) is 3.67. The van der Waals surface area contributed by atoms with Gasteiger partial charge in [0.2, 0.25) is 11.9 Å². The van der Waals surface area contributed by atoms with E-state index in [0.717, 1.165) is 56.8 Å². The maximum atomic E-state index is 12.1. The second-order valence-corrected chi connectivity index (χ2v) is 6.61. The van der Waals surface area contributed by atoms with Crippen molar-refractivity contribution in [3.63, 3.8) is 0 Å². The highest BCUT2D eigenvalue weighted by atomic mass is 16.5. The van der Waals surface area contributed by atoms with E-state index in [1.165, 1.54) is 0 Å². The van der Waals surface area contributed by atoms with E-state index in [9.17, 15) is 4.79 Å². The molecular formula is C17H23N7O2. The van der Waals surface area contributed by atoms with E-state index in [1.54, 1.807) is 12.4 Å². The number of rotatable bonds is 5. The Morgan fingerprint density at radius 3 is 2.69 bits per heavy atom. The molecule has 138 valence electrons. The fraction of sp³-hybridized carbons (Fsp3) is 0.588. The molecule has 2 aliphatic heterocycles. The van der Waals surface area contributed by atoms with Crippen LogP contribution in [-0.2, 0) is 29.2 Å². The molecule has 9 nitrogen and oxygen atoms in total. The molecule has 1 fully saturated rings. The Kier molecular flexibility index (Phi) is 5.05. The van der Waals surface area contributed by atoms with Crippen molar-refractivity contribution in [1.82, 2.24) is 29.9 Å². The maximum Gasteiger partial charge on any atom is 0.248 e. The van der Waals surface area contributed by atoms with Crippen LogP contribution in [0.1, 0.15) is 30.7 Å². The Bertz CT molecular complexity index is 743. The molecule has 0 atom stereocenters. The minimum absolute atomic E-state index is 0.0556. The quantitative estimate of drug-likeness (QED) is 0.775. The van der Waals surface area contributed by atoms with Gasteiger partial charge < -0.3 is 14.5 Å². The molecule has 4 rings (SSSR count). The predicted molar refractivity (Wildman–Crippen MR) is 93.2 cm³/mol. The third-order valence-corrected chi connectivity index (χ3v) is 4.81. The van der Waals surface area contributed by atoms with E-state index in [2.05, 4.69) is 25.2 Å². The summed E-state index contributed by atoms with van der Waals surface area (Å²) in [6.45, 7) is 4.37. The smallest absolute Gasteiger partial charge is 0.248 e. The average molecular weight is 357 g/mol. The number of amides is 1. The average Bonchev–Trinajstić information content (AvgIpc) is 3.28. The summed E-state index contributed by atoms with van der Waals surface area (Å²) in [4.78, 5) is 24.8. The number of carbonyl (C=O) groups is 1. The van der Waals surface area contributed by atoms with Crippen LogP contribution in [0.3, 0.4) is 0 Å². The zero-order valence-electron chi connectivity index (χ0n) is 14.8. The van der Waals surface area contributed by atoms with Crippen LogP contribution in [0.2, 0.25) is 0 Å². The molecule has 0 bridgehead atoms. The van der Waals surface area contributed by atoms with Crippen LogP contribution < -0.4 is 4.90 Å². The van der Waals surface area contributed by atoms with Crippen molar-refractivity contribution in [1.29, 1.82) is 0 Å². The summed E-state index contributed by atoms with van der Waals surface area (Å²) < 4.78 is 7.56. The summed E-state index contributed by atoms with van der Waals surface area (Å²) in [6, 6.07) is 1.81. The van der Waals surface area contributed by atoms with E-state index in [1.807, 2.05) is 15.6 Å². The van der Waals surface area contributed by atoms with Gasteiger partial charge in [-0.2, -0.15) is 0 Å². The van der Waals surface area contributed by atoms with Crippen molar-refractivity contribution in [2.24, 2.45) is 0 Å². The van der Waals surface area contributed by atoms with E-state index in [0.29, 0.717) is 19.1 Å². The van der Waals surface area contributed by atoms with Crippen molar-refractivity contribution in [3.05, 3.63) is 29.8 Å². The molecule has 4 heterocycles. The van der Waals surface area contributed by atoms with Crippen molar-refractivity contribution < 1.29 is 9.53 Å². The zero-order valence-corrected chi connectivity index (χ0v) is 14.8. The molecule has 1 amide bonds. The highest BCUT2D eigenvalue weighted by molar-refractivity contribution is 5.77. The fourth-order valence-corrected chi connectivity index (χ4v) is 3.42. The van der Waals surface area contributed by atoms with E-state index in [4.69, 9.17) is 4.74 Å². The van der Waals surface area contributed by atoms with Crippen LogP contribution >= 0.6 is 0 Å². The van der Waals surface area contributed by atoms with E-state index in [-0.39, 0.29) is 12.5 Å². The first-order valence-corrected chi connectivity index (χ1v) is 9.10. The standard InChI is InChI=1S/C17H23N7O2/c25-16(22-7-1-2-8-22)13-26-12-14-15-11-23(17-18-5-3-6-19-17)9-4-10-24(15)21-20-14/h3,5-6H,1-2,4,7-13H2. The number of aryl methyl sites for hydroxylation is 1. The number of fused-ring (bicyclic) bond motifs is 1. The zero-order chi connectivity index (χ0) is 17.8. The lowest BCUT2D eigenvalue weighted by Gasteiger charge is -2.19. The second kappa shape index (κ2) is 7.77. The maximum absolute atomic E-state index is 12.1. The molecule has 0 saturated carbocycles. The van der Waals surface area contributed by atoms with Gasteiger partial charge >= 0.3 is 0 Å². The van der Waals surface area contributed by atoms with Crippen LogP contribution in [0.4, 0.5) is 5.95 Å². The van der Waals surface area contributed by atoms with Crippen LogP contribution in [-0.4, -0.2) is 62.0 Å². The van der Waals surface area contributed by atoms with Gasteiger partial charge in [-0.05, 0) is 25.3 Å². The Hall–Kier alpha value is -2.55. The molecule has 1 saturated heterocycles. The van der Waals surface area contributed by atoms with Crippen molar-refractivity contribution in [3.8, 4) is 0 Å². The molecule has 0 aromatic carbocycles. The number of ether oxygens (including phenoxy) is 1. The van der Waals surface area contributed by atoms with Gasteiger partial charge in [-0.3, -0.25) is 4.79 Å². The minimum Gasteiger partial charge on any atom is -0.365 e. The van der Waals surface area contributed by atoms with Gasteiger partial charge in [-0.15, -0.1) is 5.10 Å². The summed E-state index contributed by atoms with van der Waals surface area (Å²) in [7, 11) is 0. The Labute approximate surface area is 152 Å². The van der Waals surface area contributed by atoms with E-state index < -0.39 is 0 Å². The number of hydrogen-bond donors (Lipinski definition) is 0. The van der Waals surface area contributed by atoms with E-state index >= 15 is 0 Å².